The molecule has 3 nitrogen and oxygen atoms in total. The minimum absolute atomic E-state index is 0.148. The molecule has 1 aromatic rings. The van der Waals surface area contributed by atoms with E-state index in [0.717, 1.165) is 12.3 Å². The molecule has 25 heavy (non-hydrogen) atoms. The van der Waals surface area contributed by atoms with Gasteiger partial charge in [-0.3, -0.25) is 0 Å². The zero-order valence-corrected chi connectivity index (χ0v) is 16.6. The molecule has 0 N–H and O–H groups in total. The summed E-state index contributed by atoms with van der Waals surface area (Å²) in [5.74, 6) is 0.917. The summed E-state index contributed by atoms with van der Waals surface area (Å²) in [6.07, 6.45) is 13.3. The first kappa shape index (κ1) is 16.8. The lowest BCUT2D eigenvalue weighted by Crippen LogP contribution is -2.45. The lowest BCUT2D eigenvalue weighted by Gasteiger charge is -2.44. The van der Waals surface area contributed by atoms with Gasteiger partial charge < -0.3 is 14.5 Å². The Morgan fingerprint density at radius 3 is 2.48 bits per heavy atom. The van der Waals surface area contributed by atoms with Gasteiger partial charge in [-0.25, -0.2) is 0 Å². The summed E-state index contributed by atoms with van der Waals surface area (Å²) >= 11 is 3.70. The first-order valence-corrected chi connectivity index (χ1v) is 9.86. The largest absolute Gasteiger partial charge is 0.497 e. The Morgan fingerprint density at radius 1 is 1.08 bits per heavy atom. The SMILES string of the molecule is COc1ccc(CN2C=C3C(=CC(Br)=CN3C)C23CCCCC3)cc1. The maximum atomic E-state index is 5.30. The van der Waals surface area contributed by atoms with Gasteiger partial charge in [-0.1, -0.05) is 31.4 Å². The van der Waals surface area contributed by atoms with E-state index in [2.05, 4.69) is 75.5 Å². The molecule has 1 aromatic carbocycles. The van der Waals surface area contributed by atoms with E-state index in [1.54, 1.807) is 7.11 Å². The molecule has 0 atom stereocenters. The first-order chi connectivity index (χ1) is 12.1. The van der Waals surface area contributed by atoms with Gasteiger partial charge in [0.25, 0.3) is 0 Å². The number of nitrogens with zero attached hydrogens (tertiary/aromatic N) is 2. The van der Waals surface area contributed by atoms with E-state index in [-0.39, 0.29) is 5.54 Å². The van der Waals surface area contributed by atoms with Crippen LogP contribution in [0.15, 0.2) is 58.5 Å². The zero-order valence-electron chi connectivity index (χ0n) is 15.0. The third-order valence-corrected chi connectivity index (χ3v) is 6.21. The van der Waals surface area contributed by atoms with Crippen LogP contribution in [0.25, 0.3) is 0 Å². The molecular formula is C21H25BrN2O. The van der Waals surface area contributed by atoms with Crippen LogP contribution in [0.5, 0.6) is 5.75 Å². The number of hydrogen-bond donors (Lipinski definition) is 0. The number of likely N-dealkylation sites (N-methyl/N-ethyl adjacent to an activating group) is 1. The van der Waals surface area contributed by atoms with Crippen LogP contribution >= 0.6 is 15.9 Å². The number of hydrogen-bond acceptors (Lipinski definition) is 3. The van der Waals surface area contributed by atoms with Crippen LogP contribution in [0.4, 0.5) is 0 Å². The summed E-state index contributed by atoms with van der Waals surface area (Å²) in [6, 6.07) is 8.48. The summed E-state index contributed by atoms with van der Waals surface area (Å²) in [5.41, 5.74) is 4.31. The standard InChI is InChI=1S/C21H25BrN2O/c1-23-14-17(22)12-19-20(23)15-24(21(19)10-4-3-5-11-21)13-16-6-8-18(25-2)9-7-16/h6-9,12,14-15H,3-5,10-11,13H2,1-2H3. The highest BCUT2D eigenvalue weighted by atomic mass is 79.9. The Balaban J connectivity index is 1.69. The summed E-state index contributed by atoms with van der Waals surface area (Å²) in [5, 5.41) is 0. The molecular weight excluding hydrogens is 376 g/mol. The van der Waals surface area contributed by atoms with Gasteiger partial charge in [0.15, 0.2) is 0 Å². The lowest BCUT2D eigenvalue weighted by atomic mass is 9.75. The van der Waals surface area contributed by atoms with Crippen molar-refractivity contribution in [1.29, 1.82) is 0 Å². The van der Waals surface area contributed by atoms with Crippen molar-refractivity contribution in [1.82, 2.24) is 9.80 Å². The van der Waals surface area contributed by atoms with Crippen LogP contribution in [0.3, 0.4) is 0 Å². The molecule has 2 aliphatic heterocycles. The monoisotopic (exact) mass is 400 g/mol. The maximum absolute atomic E-state index is 5.30. The summed E-state index contributed by atoms with van der Waals surface area (Å²) in [4.78, 5) is 4.84. The Labute approximate surface area is 158 Å². The predicted molar refractivity (Wildman–Crippen MR) is 105 cm³/mol. The normalized spacial score (nSPS) is 21.6. The van der Waals surface area contributed by atoms with Gasteiger partial charge in [0.2, 0.25) is 0 Å². The van der Waals surface area contributed by atoms with E-state index in [1.165, 1.54) is 53.4 Å². The third kappa shape index (κ3) is 2.91. The molecule has 2 heterocycles. The van der Waals surface area contributed by atoms with Gasteiger partial charge in [-0.2, -0.15) is 0 Å². The Kier molecular flexibility index (Phi) is 4.40. The number of methoxy groups -OCH3 is 1. The maximum Gasteiger partial charge on any atom is 0.118 e. The van der Waals surface area contributed by atoms with E-state index < -0.39 is 0 Å². The van der Waals surface area contributed by atoms with Crippen molar-refractivity contribution < 1.29 is 4.74 Å². The molecule has 0 bridgehead atoms. The molecule has 0 aromatic heterocycles. The smallest absolute Gasteiger partial charge is 0.118 e. The van der Waals surface area contributed by atoms with Crippen LogP contribution in [-0.4, -0.2) is 29.5 Å². The van der Waals surface area contributed by atoms with Crippen LogP contribution in [-0.2, 0) is 6.54 Å². The molecule has 0 amide bonds. The van der Waals surface area contributed by atoms with Gasteiger partial charge in [-0.05, 0) is 52.5 Å². The van der Waals surface area contributed by atoms with Crippen LogP contribution in [0.1, 0.15) is 37.7 Å². The molecule has 1 spiro atoms. The number of ether oxygens (including phenoxy) is 1. The molecule has 0 radical (unpaired) electrons. The quantitative estimate of drug-likeness (QED) is 0.696. The molecule has 1 aliphatic carbocycles. The zero-order chi connectivity index (χ0) is 17.4. The van der Waals surface area contributed by atoms with Gasteiger partial charge >= 0.3 is 0 Å². The number of rotatable bonds is 3. The van der Waals surface area contributed by atoms with E-state index >= 15 is 0 Å². The Bertz CT molecular complexity index is 742. The lowest BCUT2D eigenvalue weighted by molar-refractivity contribution is 0.140. The van der Waals surface area contributed by atoms with Crippen molar-refractivity contribution in [3.63, 3.8) is 0 Å². The topological polar surface area (TPSA) is 15.7 Å². The number of allylic oxidation sites excluding steroid dienone is 2. The summed E-state index contributed by atoms with van der Waals surface area (Å²) < 4.78 is 6.46. The molecule has 0 unspecified atom stereocenters. The number of benzene rings is 1. The van der Waals surface area contributed by atoms with Gasteiger partial charge in [-0.15, -0.1) is 0 Å². The highest BCUT2D eigenvalue weighted by molar-refractivity contribution is 9.11. The summed E-state index contributed by atoms with van der Waals surface area (Å²) in [7, 11) is 3.86. The van der Waals surface area contributed by atoms with Crippen LogP contribution in [0.2, 0.25) is 0 Å². The van der Waals surface area contributed by atoms with E-state index in [4.69, 9.17) is 4.74 Å². The first-order valence-electron chi connectivity index (χ1n) is 9.07. The second-order valence-corrected chi connectivity index (χ2v) is 8.18. The average molecular weight is 401 g/mol. The molecule has 1 fully saturated rings. The van der Waals surface area contributed by atoms with Crippen molar-refractivity contribution in [2.24, 2.45) is 0 Å². The fourth-order valence-electron chi connectivity index (χ4n) is 4.47. The van der Waals surface area contributed by atoms with Crippen LogP contribution in [0, 0.1) is 0 Å². The van der Waals surface area contributed by atoms with Crippen molar-refractivity contribution in [2.75, 3.05) is 14.2 Å². The molecule has 4 heteroatoms. The molecule has 1 saturated carbocycles. The Morgan fingerprint density at radius 2 is 1.80 bits per heavy atom. The third-order valence-electron chi connectivity index (χ3n) is 5.78. The number of fused-ring (bicyclic) bond motifs is 2. The highest BCUT2D eigenvalue weighted by Gasteiger charge is 2.47. The average Bonchev–Trinajstić information content (AvgIpc) is 2.90. The number of halogens is 1. The van der Waals surface area contributed by atoms with Gasteiger partial charge in [0.1, 0.15) is 5.75 Å². The van der Waals surface area contributed by atoms with Crippen molar-refractivity contribution >= 4 is 15.9 Å². The van der Waals surface area contributed by atoms with E-state index in [9.17, 15) is 0 Å². The van der Waals surface area contributed by atoms with E-state index in [0.29, 0.717) is 0 Å². The van der Waals surface area contributed by atoms with Gasteiger partial charge in [0, 0.05) is 36.0 Å². The Hall–Kier alpha value is -1.68. The molecule has 0 saturated heterocycles. The second-order valence-electron chi connectivity index (χ2n) is 7.27. The minimum Gasteiger partial charge on any atom is -0.497 e. The van der Waals surface area contributed by atoms with Crippen molar-refractivity contribution in [2.45, 2.75) is 44.2 Å². The fourth-order valence-corrected chi connectivity index (χ4v) is 5.01. The molecule has 4 rings (SSSR count). The molecule has 3 aliphatic rings. The van der Waals surface area contributed by atoms with Crippen molar-refractivity contribution in [3.05, 3.63) is 64.1 Å². The van der Waals surface area contributed by atoms with E-state index in [1.807, 2.05) is 0 Å². The fraction of sp³-hybridized carbons (Fsp3) is 0.429. The second kappa shape index (κ2) is 6.56. The summed E-state index contributed by atoms with van der Waals surface area (Å²) in [6.45, 7) is 0.941. The highest BCUT2D eigenvalue weighted by Crippen LogP contribution is 2.50. The van der Waals surface area contributed by atoms with Gasteiger partial charge in [0.05, 0.1) is 18.3 Å². The predicted octanol–water partition coefficient (Wildman–Crippen LogP) is 5.16. The molecule has 132 valence electrons. The minimum atomic E-state index is 0.148. The van der Waals surface area contributed by atoms with Crippen molar-refractivity contribution in [3.8, 4) is 5.75 Å². The van der Waals surface area contributed by atoms with Crippen LogP contribution < -0.4 is 4.74 Å².